The first-order chi connectivity index (χ1) is 15.5. The lowest BCUT2D eigenvalue weighted by molar-refractivity contribution is -0.130. The molecule has 0 N–H and O–H groups in total. The van der Waals surface area contributed by atoms with E-state index < -0.39 is 11.2 Å². The van der Waals surface area contributed by atoms with Crippen molar-refractivity contribution < 1.29 is 14.3 Å². The van der Waals surface area contributed by atoms with Crippen molar-refractivity contribution >= 4 is 52.5 Å². The second-order valence-corrected chi connectivity index (χ2v) is 9.21. The minimum absolute atomic E-state index is 0.0474. The maximum absolute atomic E-state index is 13.5. The van der Waals surface area contributed by atoms with Crippen molar-refractivity contribution in [2.45, 2.75) is 11.7 Å². The molecule has 4 rings (SSSR count). The predicted molar refractivity (Wildman–Crippen MR) is 126 cm³/mol. The maximum atomic E-state index is 13.5. The number of carbonyl (C=O) groups excluding carboxylic acids is 2. The first-order valence-corrected chi connectivity index (χ1v) is 11.6. The Morgan fingerprint density at radius 3 is 2.53 bits per heavy atom. The molecule has 0 aromatic heterocycles. The highest BCUT2D eigenvalue weighted by Crippen LogP contribution is 2.43. The van der Waals surface area contributed by atoms with E-state index in [1.54, 1.807) is 29.2 Å². The molecule has 0 spiro atoms. The lowest BCUT2D eigenvalue weighted by Gasteiger charge is -2.27. The Kier molecular flexibility index (Phi) is 7.07. The molecule has 0 radical (unpaired) electrons. The van der Waals surface area contributed by atoms with Gasteiger partial charge in [-0.25, -0.2) is 0 Å². The van der Waals surface area contributed by atoms with Crippen molar-refractivity contribution in [2.75, 3.05) is 31.2 Å². The molecule has 2 fully saturated rings. The molecule has 2 heterocycles. The molecule has 9 heteroatoms. The molecular formula is C23H19Cl2N3O3S. The van der Waals surface area contributed by atoms with E-state index in [1.165, 1.54) is 16.7 Å². The van der Waals surface area contributed by atoms with Gasteiger partial charge in [0.25, 0.3) is 5.91 Å². The molecule has 2 aliphatic heterocycles. The van der Waals surface area contributed by atoms with E-state index in [0.29, 0.717) is 53.5 Å². The summed E-state index contributed by atoms with van der Waals surface area (Å²) in [6.07, 6.45) is 0.320. The van der Waals surface area contributed by atoms with E-state index in [2.05, 4.69) is 6.07 Å². The summed E-state index contributed by atoms with van der Waals surface area (Å²) < 4.78 is 5.31. The smallest absolute Gasteiger partial charge is 0.267 e. The lowest BCUT2D eigenvalue weighted by Crippen LogP contribution is -2.42. The molecule has 32 heavy (non-hydrogen) atoms. The quantitative estimate of drug-likeness (QED) is 0.475. The molecule has 2 aromatic carbocycles. The van der Waals surface area contributed by atoms with Crippen LogP contribution in [0.15, 0.2) is 59.1 Å². The van der Waals surface area contributed by atoms with Gasteiger partial charge in [-0.15, -0.1) is 0 Å². The number of benzene rings is 2. The highest BCUT2D eigenvalue weighted by molar-refractivity contribution is 8.05. The van der Waals surface area contributed by atoms with E-state index in [4.69, 9.17) is 27.9 Å². The van der Waals surface area contributed by atoms with Crippen molar-refractivity contribution in [3.05, 3.63) is 74.7 Å². The number of hydrogen-bond acceptors (Lipinski definition) is 5. The maximum Gasteiger partial charge on any atom is 0.267 e. The summed E-state index contributed by atoms with van der Waals surface area (Å²) in [5.74, 6) is -0.608. The van der Waals surface area contributed by atoms with Gasteiger partial charge in [-0.3, -0.25) is 14.5 Å². The molecule has 6 nitrogen and oxygen atoms in total. The number of amides is 2. The van der Waals surface area contributed by atoms with Crippen molar-refractivity contribution in [2.24, 2.45) is 0 Å². The molecule has 2 aliphatic rings. The van der Waals surface area contributed by atoms with Crippen LogP contribution in [0.5, 0.6) is 0 Å². The number of thioether (sulfide) groups is 1. The van der Waals surface area contributed by atoms with E-state index in [9.17, 15) is 14.9 Å². The second kappa shape index (κ2) is 9.97. The Bertz CT molecular complexity index is 1110. The summed E-state index contributed by atoms with van der Waals surface area (Å²) in [7, 11) is 0. The highest BCUT2D eigenvalue weighted by Gasteiger charge is 2.41. The lowest BCUT2D eigenvalue weighted by atomic mass is 10.1. The van der Waals surface area contributed by atoms with E-state index in [1.807, 2.05) is 24.3 Å². The number of nitriles is 1. The van der Waals surface area contributed by atoms with Crippen LogP contribution in [0.2, 0.25) is 10.0 Å². The molecule has 1 unspecified atom stereocenters. The van der Waals surface area contributed by atoms with Crippen molar-refractivity contribution in [1.29, 1.82) is 5.26 Å². The number of hydrogen-bond donors (Lipinski definition) is 0. The van der Waals surface area contributed by atoms with Crippen LogP contribution in [0.1, 0.15) is 5.56 Å². The monoisotopic (exact) mass is 487 g/mol. The number of para-hydroxylation sites is 1. The van der Waals surface area contributed by atoms with Gasteiger partial charge in [-0.2, -0.15) is 5.26 Å². The Morgan fingerprint density at radius 1 is 1.12 bits per heavy atom. The van der Waals surface area contributed by atoms with E-state index in [-0.39, 0.29) is 11.5 Å². The normalized spacial score (nSPS) is 20.3. The molecule has 0 bridgehead atoms. The minimum atomic E-state index is -0.554. The fourth-order valence-corrected chi connectivity index (χ4v) is 5.31. The number of nitrogens with zero attached hydrogens (tertiary/aromatic N) is 3. The molecule has 2 saturated heterocycles. The summed E-state index contributed by atoms with van der Waals surface area (Å²) in [6, 6.07) is 16.4. The minimum Gasteiger partial charge on any atom is -0.378 e. The van der Waals surface area contributed by atoms with Gasteiger partial charge < -0.3 is 9.64 Å². The first kappa shape index (κ1) is 22.7. The summed E-state index contributed by atoms with van der Waals surface area (Å²) in [4.78, 5) is 29.7. The fourth-order valence-electron chi connectivity index (χ4n) is 3.62. The van der Waals surface area contributed by atoms with Gasteiger partial charge in [0.15, 0.2) is 0 Å². The third kappa shape index (κ3) is 4.50. The van der Waals surface area contributed by atoms with Gasteiger partial charge in [-0.1, -0.05) is 65.3 Å². The van der Waals surface area contributed by atoms with Gasteiger partial charge >= 0.3 is 0 Å². The zero-order valence-corrected chi connectivity index (χ0v) is 19.3. The van der Waals surface area contributed by atoms with Crippen LogP contribution in [-0.2, 0) is 20.7 Å². The summed E-state index contributed by atoms with van der Waals surface area (Å²) in [5, 5.41) is 10.5. The molecule has 2 aromatic rings. The topological polar surface area (TPSA) is 73.6 Å². The van der Waals surface area contributed by atoms with Crippen LogP contribution in [0.25, 0.3) is 0 Å². The van der Waals surface area contributed by atoms with Crippen LogP contribution in [-0.4, -0.2) is 48.3 Å². The molecule has 0 saturated carbocycles. The van der Waals surface area contributed by atoms with Gasteiger partial charge in [0.2, 0.25) is 5.91 Å². The number of morpholine rings is 1. The van der Waals surface area contributed by atoms with E-state index in [0.717, 1.165) is 5.56 Å². The van der Waals surface area contributed by atoms with Gasteiger partial charge in [-0.05, 0) is 30.2 Å². The van der Waals surface area contributed by atoms with Crippen molar-refractivity contribution in [3.63, 3.8) is 0 Å². The largest absolute Gasteiger partial charge is 0.378 e. The molecular weight excluding hydrogens is 469 g/mol. The van der Waals surface area contributed by atoms with Crippen molar-refractivity contribution in [1.82, 2.24) is 4.90 Å². The average molecular weight is 488 g/mol. The van der Waals surface area contributed by atoms with Crippen LogP contribution < -0.4 is 4.90 Å². The molecule has 2 amide bonds. The Balaban J connectivity index is 1.74. The standard InChI is InChI=1S/C23H19Cl2N3O3S/c24-18-8-4-5-15(20(18)25)13-19-22(30)28(16-6-2-1-3-7-16)23(32-19)17(14-26)21(29)27-9-11-31-12-10-27/h1-8,19H,9-13H2/b23-17-. The number of ether oxygens (including phenoxy) is 1. The van der Waals surface area contributed by atoms with Crippen LogP contribution >= 0.6 is 35.0 Å². The number of rotatable bonds is 4. The van der Waals surface area contributed by atoms with Crippen LogP contribution in [0.3, 0.4) is 0 Å². The van der Waals surface area contributed by atoms with Gasteiger partial charge in [0, 0.05) is 18.8 Å². The molecule has 164 valence electrons. The van der Waals surface area contributed by atoms with Crippen molar-refractivity contribution in [3.8, 4) is 6.07 Å². The average Bonchev–Trinajstić information content (AvgIpc) is 3.14. The molecule has 1 atom stereocenters. The summed E-state index contributed by atoms with van der Waals surface area (Å²) in [6.45, 7) is 1.65. The zero-order chi connectivity index (χ0) is 22.7. The van der Waals surface area contributed by atoms with Crippen LogP contribution in [0.4, 0.5) is 5.69 Å². The van der Waals surface area contributed by atoms with Crippen LogP contribution in [0, 0.1) is 11.3 Å². The Morgan fingerprint density at radius 2 is 1.84 bits per heavy atom. The number of carbonyl (C=O) groups is 2. The highest BCUT2D eigenvalue weighted by atomic mass is 35.5. The predicted octanol–water partition coefficient (Wildman–Crippen LogP) is 4.28. The van der Waals surface area contributed by atoms with Gasteiger partial charge in [0.05, 0.1) is 28.5 Å². The summed E-state index contributed by atoms with van der Waals surface area (Å²) >= 11 is 13.7. The second-order valence-electron chi connectivity index (χ2n) is 7.23. The third-order valence-corrected chi connectivity index (χ3v) is 7.36. The first-order valence-electron chi connectivity index (χ1n) is 10.0. The fraction of sp³-hybridized carbons (Fsp3) is 0.261. The van der Waals surface area contributed by atoms with E-state index >= 15 is 0 Å². The SMILES string of the molecule is N#C/C(C(=O)N1CCOCC1)=C1/SC(Cc2cccc(Cl)c2Cl)C(=O)N1c1ccccc1. The zero-order valence-electron chi connectivity index (χ0n) is 17.0. The number of halogens is 2. The summed E-state index contributed by atoms with van der Waals surface area (Å²) in [5.41, 5.74) is 1.29. The third-order valence-electron chi connectivity index (χ3n) is 5.24. The molecule has 0 aliphatic carbocycles. The Hall–Kier alpha value is -2.50. The number of anilines is 1. The Labute approximate surface area is 200 Å². The van der Waals surface area contributed by atoms with Gasteiger partial charge in [0.1, 0.15) is 16.7 Å².